The number of aromatic amines is 1. The molecule has 0 aliphatic heterocycles. The van der Waals surface area contributed by atoms with Gasteiger partial charge in [-0.2, -0.15) is 0 Å². The largest absolute Gasteiger partial charge is 0.497 e. The highest BCUT2D eigenvalue weighted by molar-refractivity contribution is 7.20. The number of hydrogen-bond donors (Lipinski definition) is 1. The first kappa shape index (κ1) is 19.8. The summed E-state index contributed by atoms with van der Waals surface area (Å²) in [6.45, 7) is 3.63. The smallest absolute Gasteiger partial charge is 0.348 e. The number of Topliss-reactive ketones (excluding diaryl/α,β-unsaturated/α-hetero) is 1. The fraction of sp³-hybridized carbons (Fsp3) is 0.300. The van der Waals surface area contributed by atoms with Gasteiger partial charge in [0, 0.05) is 6.42 Å². The minimum Gasteiger partial charge on any atom is -0.497 e. The summed E-state index contributed by atoms with van der Waals surface area (Å²) in [7, 11) is 1.59. The van der Waals surface area contributed by atoms with Gasteiger partial charge in [-0.3, -0.25) is 9.59 Å². The van der Waals surface area contributed by atoms with Gasteiger partial charge in [-0.05, 0) is 43.5 Å². The Hall–Kier alpha value is -3.00. The Labute approximate surface area is 165 Å². The van der Waals surface area contributed by atoms with Gasteiger partial charge in [0.25, 0.3) is 5.56 Å². The maximum Gasteiger partial charge on any atom is 0.348 e. The second-order valence-electron chi connectivity index (χ2n) is 6.15. The number of ether oxygens (including phenoxy) is 2. The van der Waals surface area contributed by atoms with Gasteiger partial charge in [-0.1, -0.05) is 12.1 Å². The molecule has 0 unspecified atom stereocenters. The first-order chi connectivity index (χ1) is 13.4. The number of carbonyl (C=O) groups excluding carboxylic acids is 2. The van der Waals surface area contributed by atoms with Crippen molar-refractivity contribution >= 4 is 33.3 Å². The summed E-state index contributed by atoms with van der Waals surface area (Å²) in [5, 5.41) is 0.317. The van der Waals surface area contributed by atoms with Crippen LogP contribution in [0.3, 0.4) is 0 Å². The summed E-state index contributed by atoms with van der Waals surface area (Å²) in [5.41, 5.74) is 1.04. The molecule has 0 amide bonds. The number of nitrogens with one attached hydrogen (secondary N) is 1. The molecule has 0 radical (unpaired) electrons. The summed E-state index contributed by atoms with van der Waals surface area (Å²) in [5.74, 6) is -0.0469. The van der Waals surface area contributed by atoms with Crippen molar-refractivity contribution in [3.8, 4) is 5.75 Å². The Bertz CT molecular complexity index is 1100. The number of benzene rings is 1. The van der Waals surface area contributed by atoms with Gasteiger partial charge in [0.1, 0.15) is 15.5 Å². The minimum absolute atomic E-state index is 0.00273. The van der Waals surface area contributed by atoms with Crippen LogP contribution in [-0.4, -0.2) is 35.4 Å². The van der Waals surface area contributed by atoms with Crippen LogP contribution >= 0.6 is 11.3 Å². The summed E-state index contributed by atoms with van der Waals surface area (Å²) in [4.78, 5) is 44.6. The Morgan fingerprint density at radius 3 is 2.79 bits per heavy atom. The van der Waals surface area contributed by atoms with Gasteiger partial charge in [-0.15, -0.1) is 11.3 Å². The summed E-state index contributed by atoms with van der Waals surface area (Å²) in [6, 6.07) is 7.46. The van der Waals surface area contributed by atoms with Crippen LogP contribution in [0.5, 0.6) is 5.75 Å². The highest BCUT2D eigenvalue weighted by Crippen LogP contribution is 2.27. The van der Waals surface area contributed by atoms with Gasteiger partial charge in [0.05, 0.1) is 19.1 Å². The summed E-state index contributed by atoms with van der Waals surface area (Å²) < 4.78 is 10.2. The fourth-order valence-corrected chi connectivity index (χ4v) is 3.95. The Morgan fingerprint density at radius 2 is 2.07 bits per heavy atom. The Balaban J connectivity index is 1.85. The van der Waals surface area contributed by atoms with Gasteiger partial charge >= 0.3 is 5.97 Å². The molecule has 1 N–H and O–H groups in total. The average molecular weight is 400 g/mol. The molecular formula is C20H20N2O5S. The van der Waals surface area contributed by atoms with E-state index in [2.05, 4.69) is 9.97 Å². The van der Waals surface area contributed by atoms with Crippen LogP contribution in [0.2, 0.25) is 0 Å². The number of H-pyrrole nitrogens is 1. The number of carbonyl (C=O) groups is 2. The molecule has 146 valence electrons. The molecule has 0 fully saturated rings. The lowest BCUT2D eigenvalue weighted by molar-refractivity contribution is 0.0531. The number of thiophene rings is 1. The lowest BCUT2D eigenvalue weighted by atomic mass is 10.1. The second-order valence-corrected chi connectivity index (χ2v) is 7.15. The van der Waals surface area contributed by atoms with Crippen LogP contribution in [0.25, 0.3) is 10.2 Å². The van der Waals surface area contributed by atoms with E-state index < -0.39 is 11.5 Å². The van der Waals surface area contributed by atoms with E-state index in [4.69, 9.17) is 9.47 Å². The van der Waals surface area contributed by atoms with Crippen molar-refractivity contribution in [1.29, 1.82) is 0 Å². The molecule has 2 heterocycles. The molecule has 3 rings (SSSR count). The number of aryl methyl sites for hydroxylation is 2. The normalized spacial score (nSPS) is 10.8. The van der Waals surface area contributed by atoms with Crippen molar-refractivity contribution in [1.82, 2.24) is 9.97 Å². The number of rotatable bonds is 7. The topological polar surface area (TPSA) is 98.3 Å². The van der Waals surface area contributed by atoms with E-state index in [1.807, 2.05) is 24.3 Å². The first-order valence-electron chi connectivity index (χ1n) is 8.81. The lowest BCUT2D eigenvalue weighted by Gasteiger charge is -2.04. The molecule has 0 aliphatic rings. The molecule has 7 nitrogen and oxygen atoms in total. The van der Waals surface area contributed by atoms with Crippen molar-refractivity contribution in [3.05, 3.63) is 56.4 Å². The molecule has 0 spiro atoms. The molecular weight excluding hydrogens is 380 g/mol. The third-order valence-corrected chi connectivity index (χ3v) is 5.47. The van der Waals surface area contributed by atoms with Crippen LogP contribution in [0.1, 0.15) is 44.8 Å². The average Bonchev–Trinajstić information content (AvgIpc) is 3.03. The Morgan fingerprint density at radius 1 is 1.29 bits per heavy atom. The van der Waals surface area contributed by atoms with E-state index in [9.17, 15) is 14.4 Å². The molecule has 8 heteroatoms. The number of aromatic nitrogens is 2. The van der Waals surface area contributed by atoms with Crippen LogP contribution in [0, 0.1) is 6.92 Å². The maximum atomic E-state index is 12.5. The monoisotopic (exact) mass is 400 g/mol. The van der Waals surface area contributed by atoms with E-state index in [1.54, 1.807) is 21.0 Å². The molecule has 28 heavy (non-hydrogen) atoms. The van der Waals surface area contributed by atoms with Gasteiger partial charge < -0.3 is 14.5 Å². The molecule has 2 aromatic heterocycles. The lowest BCUT2D eigenvalue weighted by Crippen LogP contribution is -2.16. The SMILES string of the molecule is CCOC(=O)c1sc2nc(C(=O)CCc3cccc(OC)c3)[nH]c(=O)c2c1C. The Kier molecular flexibility index (Phi) is 5.89. The third kappa shape index (κ3) is 3.96. The number of nitrogens with zero attached hydrogens (tertiary/aromatic N) is 1. The zero-order chi connectivity index (χ0) is 20.3. The minimum atomic E-state index is -0.492. The van der Waals surface area contributed by atoms with Crippen LogP contribution < -0.4 is 10.3 Å². The highest BCUT2D eigenvalue weighted by Gasteiger charge is 2.21. The summed E-state index contributed by atoms with van der Waals surface area (Å²) in [6.07, 6.45) is 0.687. The molecule has 1 aromatic carbocycles. The predicted molar refractivity (Wildman–Crippen MR) is 107 cm³/mol. The van der Waals surface area contributed by atoms with Crippen molar-refractivity contribution in [3.63, 3.8) is 0 Å². The van der Waals surface area contributed by atoms with Gasteiger partial charge in [-0.25, -0.2) is 9.78 Å². The van der Waals surface area contributed by atoms with Crippen molar-refractivity contribution < 1.29 is 19.1 Å². The van der Waals surface area contributed by atoms with Crippen LogP contribution in [0.4, 0.5) is 0 Å². The highest BCUT2D eigenvalue weighted by atomic mass is 32.1. The number of fused-ring (bicyclic) bond motifs is 1. The van der Waals surface area contributed by atoms with Crippen molar-refractivity contribution in [2.24, 2.45) is 0 Å². The van der Waals surface area contributed by atoms with Crippen LogP contribution in [-0.2, 0) is 11.2 Å². The number of esters is 1. The predicted octanol–water partition coefficient (Wildman–Crippen LogP) is 3.29. The summed E-state index contributed by atoms with van der Waals surface area (Å²) >= 11 is 1.06. The van der Waals surface area contributed by atoms with E-state index in [0.717, 1.165) is 22.6 Å². The molecule has 0 saturated carbocycles. The zero-order valence-corrected chi connectivity index (χ0v) is 16.6. The van der Waals surface area contributed by atoms with E-state index in [-0.39, 0.29) is 24.6 Å². The molecule has 0 bridgehead atoms. The van der Waals surface area contributed by atoms with E-state index >= 15 is 0 Å². The molecule has 0 aliphatic carbocycles. The number of hydrogen-bond acceptors (Lipinski definition) is 7. The fourth-order valence-electron chi connectivity index (χ4n) is 2.87. The molecule has 0 atom stereocenters. The second kappa shape index (κ2) is 8.35. The standard InChI is InChI=1S/C20H20N2O5S/c1-4-27-20(25)16-11(2)15-18(24)21-17(22-19(15)28-16)14(23)9-8-12-6-5-7-13(10-12)26-3/h5-7,10H,4,8-9H2,1-3H3,(H,21,22,24). The van der Waals surface area contributed by atoms with Gasteiger partial charge in [0.15, 0.2) is 11.6 Å². The number of ketones is 1. The van der Waals surface area contributed by atoms with Crippen molar-refractivity contribution in [2.45, 2.75) is 26.7 Å². The van der Waals surface area contributed by atoms with E-state index in [0.29, 0.717) is 27.1 Å². The maximum absolute atomic E-state index is 12.5. The molecule has 0 saturated heterocycles. The van der Waals surface area contributed by atoms with E-state index in [1.165, 1.54) is 0 Å². The first-order valence-corrected chi connectivity index (χ1v) is 9.63. The van der Waals surface area contributed by atoms with Crippen molar-refractivity contribution in [2.75, 3.05) is 13.7 Å². The quantitative estimate of drug-likeness (QED) is 0.483. The zero-order valence-electron chi connectivity index (χ0n) is 15.8. The number of methoxy groups -OCH3 is 1. The molecule has 3 aromatic rings. The third-order valence-electron chi connectivity index (χ3n) is 4.30. The van der Waals surface area contributed by atoms with Crippen LogP contribution in [0.15, 0.2) is 29.1 Å². The van der Waals surface area contributed by atoms with Gasteiger partial charge in [0.2, 0.25) is 0 Å².